The molecule has 2 amide bonds. The molecule has 0 unspecified atom stereocenters. The van der Waals surface area contributed by atoms with Gasteiger partial charge in [0.2, 0.25) is 5.91 Å². The number of hydrogen-bond donors (Lipinski definition) is 2. The Morgan fingerprint density at radius 1 is 1.35 bits per heavy atom. The quantitative estimate of drug-likeness (QED) is 0.741. The molecule has 0 radical (unpaired) electrons. The second-order valence-corrected chi connectivity index (χ2v) is 5.14. The van der Waals surface area contributed by atoms with Crippen LogP contribution < -0.4 is 11.1 Å². The van der Waals surface area contributed by atoms with Crippen molar-refractivity contribution in [3.63, 3.8) is 0 Å². The smallest absolute Gasteiger partial charge is 0.407 e. The van der Waals surface area contributed by atoms with Gasteiger partial charge in [0.1, 0.15) is 6.04 Å². The number of alkyl carbamates (subject to hydrolysis) is 1. The molecule has 6 nitrogen and oxygen atoms in total. The van der Waals surface area contributed by atoms with Crippen LogP contribution in [-0.4, -0.2) is 42.6 Å². The zero-order valence-corrected chi connectivity index (χ0v) is 13.1. The number of nitrogens with zero attached hydrogens (tertiary/aromatic N) is 1. The average Bonchev–Trinajstić information content (AvgIpc) is 2.39. The van der Waals surface area contributed by atoms with E-state index >= 15 is 0 Å². The predicted molar refractivity (Wildman–Crippen MR) is 79.0 cm³/mol. The van der Waals surface area contributed by atoms with E-state index in [-0.39, 0.29) is 17.9 Å². The summed E-state index contributed by atoms with van der Waals surface area (Å²) in [6.45, 7) is 11.8. The van der Waals surface area contributed by atoms with Crippen LogP contribution in [0.4, 0.5) is 4.79 Å². The van der Waals surface area contributed by atoms with E-state index < -0.39 is 12.1 Å². The van der Waals surface area contributed by atoms with Crippen molar-refractivity contribution >= 4 is 12.0 Å². The molecule has 0 heterocycles. The van der Waals surface area contributed by atoms with Crippen molar-refractivity contribution in [2.45, 2.75) is 46.2 Å². The second-order valence-electron chi connectivity index (χ2n) is 5.14. The van der Waals surface area contributed by atoms with Crippen LogP contribution in [0.1, 0.15) is 34.1 Å². The Kier molecular flexibility index (Phi) is 7.72. The van der Waals surface area contributed by atoms with E-state index in [2.05, 4.69) is 16.6 Å². The maximum Gasteiger partial charge on any atom is 0.407 e. The van der Waals surface area contributed by atoms with Gasteiger partial charge in [-0.2, -0.15) is 0 Å². The highest BCUT2D eigenvalue weighted by atomic mass is 16.5. The number of methoxy groups -OCH3 is 1. The van der Waals surface area contributed by atoms with Crippen LogP contribution in [0, 0.1) is 5.92 Å². The monoisotopic (exact) mass is 285 g/mol. The number of nitrogens with two attached hydrogens (primary N) is 1. The number of carbonyl (C=O) groups excluding carboxylic acids is 2. The Morgan fingerprint density at radius 2 is 1.90 bits per heavy atom. The molecule has 3 N–H and O–H groups in total. The van der Waals surface area contributed by atoms with Crippen LogP contribution in [0.25, 0.3) is 0 Å². The third kappa shape index (κ3) is 5.11. The van der Waals surface area contributed by atoms with Crippen LogP contribution in [0.2, 0.25) is 0 Å². The van der Waals surface area contributed by atoms with Gasteiger partial charge in [-0.3, -0.25) is 4.79 Å². The Hall–Kier alpha value is -1.72. The van der Waals surface area contributed by atoms with Crippen molar-refractivity contribution in [2.75, 3.05) is 13.7 Å². The van der Waals surface area contributed by atoms with Crippen molar-refractivity contribution in [2.24, 2.45) is 11.7 Å². The highest BCUT2D eigenvalue weighted by molar-refractivity contribution is 5.86. The van der Waals surface area contributed by atoms with E-state index in [0.717, 1.165) is 6.42 Å². The minimum absolute atomic E-state index is 0.0563. The number of rotatable bonds is 7. The first-order chi connectivity index (χ1) is 9.26. The van der Waals surface area contributed by atoms with Gasteiger partial charge >= 0.3 is 6.09 Å². The predicted octanol–water partition coefficient (Wildman–Crippen LogP) is 1.47. The van der Waals surface area contributed by atoms with Gasteiger partial charge in [-0.05, 0) is 19.3 Å². The Morgan fingerprint density at radius 3 is 2.25 bits per heavy atom. The zero-order chi connectivity index (χ0) is 15.9. The summed E-state index contributed by atoms with van der Waals surface area (Å²) in [6.07, 6.45) is 0.180. The number of hydrogen-bond acceptors (Lipinski definition) is 4. The third-order valence-electron chi connectivity index (χ3n) is 3.14. The lowest BCUT2D eigenvalue weighted by Crippen LogP contribution is -2.54. The van der Waals surface area contributed by atoms with Crippen molar-refractivity contribution in [1.29, 1.82) is 0 Å². The van der Waals surface area contributed by atoms with Crippen molar-refractivity contribution < 1.29 is 14.3 Å². The van der Waals surface area contributed by atoms with Gasteiger partial charge in [0.05, 0.1) is 13.2 Å². The summed E-state index contributed by atoms with van der Waals surface area (Å²) in [6, 6.07) is -0.918. The number of nitrogens with one attached hydrogen (secondary N) is 1. The summed E-state index contributed by atoms with van der Waals surface area (Å²) < 4.78 is 4.57. The molecule has 0 rings (SSSR count). The van der Waals surface area contributed by atoms with Crippen LogP contribution in [0.3, 0.4) is 0 Å². The summed E-state index contributed by atoms with van der Waals surface area (Å²) in [4.78, 5) is 25.6. The SMILES string of the molecule is C=C(N)[C@H](C)N(CCC)C(=O)[C@@H](NC(=O)OC)C(C)C. The molecule has 0 bridgehead atoms. The first-order valence-electron chi connectivity index (χ1n) is 6.85. The molecular formula is C14H27N3O3. The van der Waals surface area contributed by atoms with Crippen LogP contribution in [0.15, 0.2) is 12.3 Å². The molecule has 0 aliphatic rings. The number of carbonyl (C=O) groups is 2. The average molecular weight is 285 g/mol. The maximum absolute atomic E-state index is 12.6. The molecule has 0 aliphatic carbocycles. The van der Waals surface area contributed by atoms with Crippen molar-refractivity contribution in [1.82, 2.24) is 10.2 Å². The molecule has 20 heavy (non-hydrogen) atoms. The second kappa shape index (κ2) is 8.45. The molecule has 0 aromatic rings. The van der Waals surface area contributed by atoms with Crippen LogP contribution in [-0.2, 0) is 9.53 Å². The molecule has 0 aliphatic heterocycles. The van der Waals surface area contributed by atoms with E-state index in [1.54, 1.807) is 4.90 Å². The highest BCUT2D eigenvalue weighted by Crippen LogP contribution is 2.12. The molecule has 0 saturated heterocycles. The molecule has 2 atom stereocenters. The summed E-state index contributed by atoms with van der Waals surface area (Å²) in [5.74, 6) is -0.231. The Labute approximate surface area is 121 Å². The lowest BCUT2D eigenvalue weighted by molar-refractivity contribution is -0.135. The van der Waals surface area contributed by atoms with Crippen molar-refractivity contribution in [3.8, 4) is 0 Å². The van der Waals surface area contributed by atoms with E-state index in [1.165, 1.54) is 7.11 Å². The lowest BCUT2D eigenvalue weighted by Gasteiger charge is -2.33. The normalized spacial score (nSPS) is 13.5. The van der Waals surface area contributed by atoms with Crippen LogP contribution >= 0.6 is 0 Å². The zero-order valence-electron chi connectivity index (χ0n) is 13.1. The summed E-state index contributed by atoms with van der Waals surface area (Å²) >= 11 is 0. The number of amides is 2. The van der Waals surface area contributed by atoms with Crippen LogP contribution in [0.5, 0.6) is 0 Å². The van der Waals surface area contributed by atoms with E-state index in [9.17, 15) is 9.59 Å². The van der Waals surface area contributed by atoms with E-state index in [4.69, 9.17) is 5.73 Å². The van der Waals surface area contributed by atoms with Gasteiger partial charge in [0.15, 0.2) is 0 Å². The van der Waals surface area contributed by atoms with Crippen molar-refractivity contribution in [3.05, 3.63) is 12.3 Å². The van der Waals surface area contributed by atoms with Gasteiger partial charge in [-0.15, -0.1) is 0 Å². The largest absolute Gasteiger partial charge is 0.453 e. The first-order valence-corrected chi connectivity index (χ1v) is 6.85. The fraction of sp³-hybridized carbons (Fsp3) is 0.714. The Bertz CT molecular complexity index is 356. The number of ether oxygens (including phenoxy) is 1. The topological polar surface area (TPSA) is 84.7 Å². The fourth-order valence-corrected chi connectivity index (χ4v) is 1.81. The Balaban J connectivity index is 5.15. The summed E-state index contributed by atoms with van der Waals surface area (Å²) in [7, 11) is 1.27. The lowest BCUT2D eigenvalue weighted by atomic mass is 10.0. The standard InChI is InChI=1S/C14H27N3O3/c1-7-8-17(11(5)10(4)15)13(18)12(9(2)3)16-14(19)20-6/h9,11-12H,4,7-8,15H2,1-3,5-6H3,(H,16,19)/t11-,12-/m0/s1. The summed E-state index contributed by atoms with van der Waals surface area (Å²) in [5, 5.41) is 2.58. The molecule has 0 spiro atoms. The first kappa shape index (κ1) is 18.3. The fourth-order valence-electron chi connectivity index (χ4n) is 1.81. The molecule has 0 saturated carbocycles. The molecule has 116 valence electrons. The highest BCUT2D eigenvalue weighted by Gasteiger charge is 2.31. The minimum Gasteiger partial charge on any atom is -0.453 e. The summed E-state index contributed by atoms with van der Waals surface area (Å²) in [5.41, 5.74) is 6.13. The molecular weight excluding hydrogens is 258 g/mol. The molecule has 0 aromatic carbocycles. The molecule has 0 aromatic heterocycles. The minimum atomic E-state index is -0.643. The van der Waals surface area contributed by atoms with Gasteiger partial charge < -0.3 is 20.7 Å². The van der Waals surface area contributed by atoms with Gasteiger partial charge in [-0.25, -0.2) is 4.79 Å². The molecule has 6 heteroatoms. The maximum atomic E-state index is 12.6. The third-order valence-corrected chi connectivity index (χ3v) is 3.14. The van der Waals surface area contributed by atoms with Gasteiger partial charge in [-0.1, -0.05) is 27.4 Å². The molecule has 0 fully saturated rings. The van der Waals surface area contributed by atoms with Gasteiger partial charge in [0, 0.05) is 12.2 Å². The van der Waals surface area contributed by atoms with Gasteiger partial charge in [0.25, 0.3) is 0 Å². The van der Waals surface area contributed by atoms with E-state index in [1.807, 2.05) is 27.7 Å². The van der Waals surface area contributed by atoms with E-state index in [0.29, 0.717) is 12.2 Å².